The van der Waals surface area contributed by atoms with E-state index in [2.05, 4.69) is 19.2 Å². The van der Waals surface area contributed by atoms with Crippen LogP contribution in [0.25, 0.3) is 11.4 Å². The highest BCUT2D eigenvalue weighted by Crippen LogP contribution is 2.47. The number of aromatic nitrogens is 3. The molecular weight excluding hydrogens is 455 g/mol. The standard InChI is InChI=1S/C23H19Cl3N4O/c1-23(2)10-17-19(18(31)11-23)20(15-7-6-14(25)9-16(15)26)30-22(27-17)28-21(29-30)12-4-3-5-13(24)8-12/h3-9,20H,10-11H2,1-2H3,(H,27,28,29). The Labute approximate surface area is 195 Å². The summed E-state index contributed by atoms with van der Waals surface area (Å²) in [4.78, 5) is 18.0. The minimum atomic E-state index is -0.486. The lowest BCUT2D eigenvalue weighted by molar-refractivity contribution is -0.118. The molecule has 1 atom stereocenters. The van der Waals surface area contributed by atoms with Crippen LogP contribution in [0, 0.1) is 5.41 Å². The van der Waals surface area contributed by atoms with E-state index in [0.717, 1.165) is 23.2 Å². The third-order valence-electron chi connectivity index (χ3n) is 5.67. The summed E-state index contributed by atoms with van der Waals surface area (Å²) in [5, 5.41) is 9.73. The highest BCUT2D eigenvalue weighted by Gasteiger charge is 2.42. The smallest absolute Gasteiger partial charge is 0.226 e. The van der Waals surface area contributed by atoms with Gasteiger partial charge in [-0.1, -0.05) is 66.8 Å². The molecule has 1 unspecified atom stereocenters. The molecule has 1 aliphatic carbocycles. The van der Waals surface area contributed by atoms with Crippen LogP contribution in [0.4, 0.5) is 5.95 Å². The van der Waals surface area contributed by atoms with Gasteiger partial charge in [-0.3, -0.25) is 4.79 Å². The van der Waals surface area contributed by atoms with Gasteiger partial charge in [0.05, 0.1) is 0 Å². The molecule has 31 heavy (non-hydrogen) atoms. The van der Waals surface area contributed by atoms with E-state index in [1.165, 1.54) is 0 Å². The highest BCUT2D eigenvalue weighted by atomic mass is 35.5. The van der Waals surface area contributed by atoms with E-state index >= 15 is 0 Å². The molecule has 0 saturated carbocycles. The van der Waals surface area contributed by atoms with E-state index < -0.39 is 6.04 Å². The monoisotopic (exact) mass is 472 g/mol. The molecule has 158 valence electrons. The Bertz CT molecular complexity index is 1260. The van der Waals surface area contributed by atoms with E-state index in [0.29, 0.717) is 38.8 Å². The van der Waals surface area contributed by atoms with Gasteiger partial charge in [-0.15, -0.1) is 5.10 Å². The number of halogens is 3. The van der Waals surface area contributed by atoms with Gasteiger partial charge in [0.1, 0.15) is 6.04 Å². The van der Waals surface area contributed by atoms with Crippen molar-refractivity contribution in [1.29, 1.82) is 0 Å². The molecule has 2 heterocycles. The van der Waals surface area contributed by atoms with E-state index in [4.69, 9.17) is 44.9 Å². The maximum absolute atomic E-state index is 13.3. The first-order valence-electron chi connectivity index (χ1n) is 9.92. The second kappa shape index (κ2) is 7.37. The average molecular weight is 474 g/mol. The summed E-state index contributed by atoms with van der Waals surface area (Å²) in [6, 6.07) is 12.2. The number of benzene rings is 2. The van der Waals surface area contributed by atoms with E-state index in [-0.39, 0.29) is 11.2 Å². The second-order valence-electron chi connectivity index (χ2n) is 8.74. The average Bonchev–Trinajstić information content (AvgIpc) is 3.09. The molecule has 1 aliphatic heterocycles. The van der Waals surface area contributed by atoms with Crippen LogP contribution < -0.4 is 5.32 Å². The van der Waals surface area contributed by atoms with E-state index in [1.54, 1.807) is 22.9 Å². The number of Topliss-reactive ketones (excluding diaryl/α,β-unsaturated/α-hetero) is 1. The van der Waals surface area contributed by atoms with Crippen LogP contribution in [-0.4, -0.2) is 20.5 Å². The molecule has 0 fully saturated rings. The minimum absolute atomic E-state index is 0.0835. The van der Waals surface area contributed by atoms with Crippen LogP contribution in [0.5, 0.6) is 0 Å². The Morgan fingerprint density at radius 1 is 1.06 bits per heavy atom. The Morgan fingerprint density at radius 2 is 1.84 bits per heavy atom. The summed E-state index contributed by atoms with van der Waals surface area (Å²) >= 11 is 18.9. The molecule has 1 N–H and O–H groups in total. The van der Waals surface area contributed by atoms with Crippen molar-refractivity contribution < 1.29 is 4.79 Å². The summed E-state index contributed by atoms with van der Waals surface area (Å²) in [6.07, 6.45) is 1.19. The molecule has 2 aliphatic rings. The first-order valence-corrected chi connectivity index (χ1v) is 11.1. The number of rotatable bonds is 2. The summed E-state index contributed by atoms with van der Waals surface area (Å²) in [7, 11) is 0. The number of ketones is 1. The minimum Gasteiger partial charge on any atom is -0.328 e. The lowest BCUT2D eigenvalue weighted by Gasteiger charge is -2.38. The molecule has 0 saturated heterocycles. The first kappa shape index (κ1) is 20.6. The van der Waals surface area contributed by atoms with Crippen molar-refractivity contribution >= 4 is 46.5 Å². The van der Waals surface area contributed by atoms with Crippen LogP contribution in [0.3, 0.4) is 0 Å². The van der Waals surface area contributed by atoms with Crippen LogP contribution in [-0.2, 0) is 4.79 Å². The number of hydrogen-bond donors (Lipinski definition) is 1. The fourth-order valence-corrected chi connectivity index (χ4v) is 5.07. The Morgan fingerprint density at radius 3 is 2.58 bits per heavy atom. The number of nitrogens with one attached hydrogen (secondary N) is 1. The maximum atomic E-state index is 13.3. The maximum Gasteiger partial charge on any atom is 0.226 e. The SMILES string of the molecule is CC1(C)CC(=O)C2=C(C1)Nc1nc(-c3cccc(Cl)c3)nn1C2c1ccc(Cl)cc1Cl. The van der Waals surface area contributed by atoms with Gasteiger partial charge >= 0.3 is 0 Å². The molecule has 0 spiro atoms. The van der Waals surface area contributed by atoms with Crippen molar-refractivity contribution in [3.8, 4) is 11.4 Å². The van der Waals surface area contributed by atoms with Crippen molar-refractivity contribution in [3.05, 3.63) is 74.4 Å². The number of carbonyl (C=O) groups excluding carboxylic acids is 1. The van der Waals surface area contributed by atoms with E-state index in [9.17, 15) is 4.79 Å². The summed E-state index contributed by atoms with van der Waals surface area (Å²) in [5.41, 5.74) is 2.96. The zero-order valence-electron chi connectivity index (χ0n) is 16.9. The fraction of sp³-hybridized carbons (Fsp3) is 0.261. The van der Waals surface area contributed by atoms with Crippen molar-refractivity contribution in [3.63, 3.8) is 0 Å². The van der Waals surface area contributed by atoms with Crippen molar-refractivity contribution in [2.24, 2.45) is 5.41 Å². The predicted octanol–water partition coefficient (Wildman–Crippen LogP) is 6.56. The molecule has 3 aromatic rings. The second-order valence-corrected chi connectivity index (χ2v) is 10.0. The Hall–Kier alpha value is -2.34. The van der Waals surface area contributed by atoms with Gasteiger partial charge in [0.2, 0.25) is 5.95 Å². The van der Waals surface area contributed by atoms with Crippen LogP contribution in [0.2, 0.25) is 15.1 Å². The summed E-state index contributed by atoms with van der Waals surface area (Å²) in [6.45, 7) is 4.19. The highest BCUT2D eigenvalue weighted by molar-refractivity contribution is 6.35. The number of carbonyl (C=O) groups is 1. The van der Waals surface area contributed by atoms with Gasteiger partial charge in [-0.2, -0.15) is 4.98 Å². The van der Waals surface area contributed by atoms with Gasteiger partial charge in [0.15, 0.2) is 11.6 Å². The van der Waals surface area contributed by atoms with Gasteiger partial charge < -0.3 is 5.32 Å². The quantitative estimate of drug-likeness (QED) is 0.457. The number of anilines is 1. The van der Waals surface area contributed by atoms with Crippen LogP contribution >= 0.6 is 34.8 Å². The lowest BCUT2D eigenvalue weighted by atomic mass is 9.73. The predicted molar refractivity (Wildman–Crippen MR) is 124 cm³/mol. The van der Waals surface area contributed by atoms with Crippen LogP contribution in [0.1, 0.15) is 38.3 Å². The Balaban J connectivity index is 1.71. The third-order valence-corrected chi connectivity index (χ3v) is 6.47. The van der Waals surface area contributed by atoms with E-state index in [1.807, 2.05) is 24.3 Å². The van der Waals surface area contributed by atoms with Crippen molar-refractivity contribution in [2.45, 2.75) is 32.7 Å². The molecule has 1 aromatic heterocycles. The third kappa shape index (κ3) is 3.65. The molecule has 5 rings (SSSR count). The van der Waals surface area contributed by atoms with Gasteiger partial charge in [0.25, 0.3) is 0 Å². The van der Waals surface area contributed by atoms with Gasteiger partial charge in [0, 0.05) is 43.9 Å². The number of nitrogens with zero attached hydrogens (tertiary/aromatic N) is 3. The molecular formula is C23H19Cl3N4O. The fourth-order valence-electron chi connectivity index (χ4n) is 4.37. The number of hydrogen-bond acceptors (Lipinski definition) is 4. The zero-order chi connectivity index (χ0) is 21.9. The topological polar surface area (TPSA) is 59.8 Å². The van der Waals surface area contributed by atoms with Gasteiger partial charge in [-0.25, -0.2) is 4.68 Å². The molecule has 5 nitrogen and oxygen atoms in total. The Kier molecular flexibility index (Phi) is 4.88. The number of fused-ring (bicyclic) bond motifs is 1. The molecule has 0 bridgehead atoms. The molecule has 0 amide bonds. The summed E-state index contributed by atoms with van der Waals surface area (Å²) in [5.74, 6) is 1.17. The van der Waals surface area contributed by atoms with Crippen molar-refractivity contribution in [2.75, 3.05) is 5.32 Å². The molecule has 2 aromatic carbocycles. The van der Waals surface area contributed by atoms with Crippen molar-refractivity contribution in [1.82, 2.24) is 14.8 Å². The number of allylic oxidation sites excluding steroid dienone is 2. The van der Waals surface area contributed by atoms with Crippen LogP contribution in [0.15, 0.2) is 53.7 Å². The summed E-state index contributed by atoms with van der Waals surface area (Å²) < 4.78 is 1.74. The largest absolute Gasteiger partial charge is 0.328 e. The normalized spacial score (nSPS) is 19.6. The zero-order valence-corrected chi connectivity index (χ0v) is 19.2. The lowest BCUT2D eigenvalue weighted by Crippen LogP contribution is -2.36. The molecule has 8 heteroatoms. The molecule has 0 radical (unpaired) electrons. The van der Waals surface area contributed by atoms with Gasteiger partial charge in [-0.05, 0) is 36.1 Å². The first-order chi connectivity index (χ1) is 14.7.